The molecule has 1 saturated carbocycles. The summed E-state index contributed by atoms with van der Waals surface area (Å²) in [4.78, 5) is 64.3. The average molecular weight is 762 g/mol. The summed E-state index contributed by atoms with van der Waals surface area (Å²) in [5.74, 6) is -0.567. The Hall–Kier alpha value is -4.83. The van der Waals surface area contributed by atoms with Gasteiger partial charge in [0.15, 0.2) is 17.2 Å². The molecule has 0 aromatic heterocycles. The SMILES string of the molecule is CCC[C@H](CC(=O)[C@@H]1C[C@]2(CC(c3ccccc3)=NO2)CN1C(=O)[C@@H](NC(=O)OCC1c2ccccc2-c2ccccc21)C(C)(C)C)C(OC)C(=O)CC1CC1. The maximum absolute atomic E-state index is 14.9. The van der Waals surface area contributed by atoms with Gasteiger partial charge in [0.2, 0.25) is 5.91 Å². The molecule has 1 spiro atoms. The fourth-order valence-corrected chi connectivity index (χ4v) is 8.98. The van der Waals surface area contributed by atoms with Crippen molar-refractivity contribution in [3.8, 4) is 11.1 Å². The van der Waals surface area contributed by atoms with Crippen LogP contribution < -0.4 is 5.32 Å². The lowest BCUT2D eigenvalue weighted by Gasteiger charge is -2.35. The topological polar surface area (TPSA) is 124 Å². The van der Waals surface area contributed by atoms with E-state index in [0.29, 0.717) is 25.2 Å². The molecule has 56 heavy (non-hydrogen) atoms. The number of Topliss-reactive ketones (excluding diaryl/α,β-unsaturated/α-hetero) is 2. The van der Waals surface area contributed by atoms with E-state index in [9.17, 15) is 19.2 Å². The van der Waals surface area contributed by atoms with Crippen molar-refractivity contribution in [2.75, 3.05) is 20.3 Å². The standard InChI is InChI=1S/C46H55N3O7/c1-6-14-31(41(54-5)40(51)23-29-21-22-29)24-39(50)38-26-46(25-37(48-56-46)30-15-8-7-9-16-30)28-49(38)43(52)42(45(2,3)4)47-44(53)55-27-36-34-19-12-10-17-32(34)33-18-11-13-20-35(33)36/h7-13,15-20,29,31,36,38,41-42H,6,14,21-28H2,1-5H3,(H,47,53)/t31-,38+,41?,42-,46-/m1/s1. The maximum atomic E-state index is 14.9. The van der Waals surface area contributed by atoms with E-state index in [1.807, 2.05) is 82.3 Å². The van der Waals surface area contributed by atoms with Crippen molar-refractivity contribution in [1.82, 2.24) is 10.2 Å². The molecule has 2 amide bonds. The summed E-state index contributed by atoms with van der Waals surface area (Å²) in [6, 6.07) is 24.1. The van der Waals surface area contributed by atoms with Gasteiger partial charge in [0.1, 0.15) is 18.8 Å². The lowest BCUT2D eigenvalue weighted by atomic mass is 9.84. The number of hydrogen-bond donors (Lipinski definition) is 1. The predicted octanol–water partition coefficient (Wildman–Crippen LogP) is 7.86. The monoisotopic (exact) mass is 761 g/mol. The van der Waals surface area contributed by atoms with Crippen LogP contribution in [0.5, 0.6) is 0 Å². The number of nitrogens with zero attached hydrogens (tertiary/aromatic N) is 2. The second-order valence-electron chi connectivity index (χ2n) is 17.3. The summed E-state index contributed by atoms with van der Waals surface area (Å²) in [5, 5.41) is 7.37. The largest absolute Gasteiger partial charge is 0.449 e. The Morgan fingerprint density at radius 2 is 1.59 bits per heavy atom. The van der Waals surface area contributed by atoms with Crippen LogP contribution in [-0.4, -0.2) is 78.2 Å². The Balaban J connectivity index is 1.11. The third kappa shape index (κ3) is 8.31. The van der Waals surface area contributed by atoms with E-state index in [1.54, 1.807) is 12.0 Å². The first-order valence-corrected chi connectivity index (χ1v) is 20.2. The first-order valence-electron chi connectivity index (χ1n) is 20.2. The normalized spacial score (nSPS) is 21.8. The van der Waals surface area contributed by atoms with Gasteiger partial charge < -0.3 is 24.5 Å². The predicted molar refractivity (Wildman–Crippen MR) is 214 cm³/mol. The number of alkyl carbamates (subject to hydrolysis) is 1. The maximum Gasteiger partial charge on any atom is 0.407 e. The van der Waals surface area contributed by atoms with E-state index in [1.165, 1.54) is 0 Å². The summed E-state index contributed by atoms with van der Waals surface area (Å²) < 4.78 is 11.7. The lowest BCUT2D eigenvalue weighted by molar-refractivity contribution is -0.143. The highest BCUT2D eigenvalue weighted by atomic mass is 16.7. The Morgan fingerprint density at radius 1 is 0.946 bits per heavy atom. The van der Waals surface area contributed by atoms with Gasteiger partial charge in [-0.1, -0.05) is 118 Å². The zero-order valence-electron chi connectivity index (χ0n) is 33.3. The smallest absolute Gasteiger partial charge is 0.407 e. The van der Waals surface area contributed by atoms with Gasteiger partial charge in [-0.15, -0.1) is 0 Å². The average Bonchev–Trinajstić information content (AvgIpc) is 3.64. The van der Waals surface area contributed by atoms with Gasteiger partial charge in [-0.2, -0.15) is 0 Å². The highest BCUT2D eigenvalue weighted by Crippen LogP contribution is 2.45. The van der Waals surface area contributed by atoms with Crippen LogP contribution in [0.3, 0.4) is 0 Å². The number of fused-ring (bicyclic) bond motifs is 3. The van der Waals surface area contributed by atoms with E-state index < -0.39 is 41.2 Å². The molecule has 1 unspecified atom stereocenters. The van der Waals surface area contributed by atoms with Crippen LogP contribution in [-0.2, 0) is 28.7 Å². The van der Waals surface area contributed by atoms with Crippen molar-refractivity contribution in [3.63, 3.8) is 0 Å². The van der Waals surface area contributed by atoms with Crippen molar-refractivity contribution < 1.29 is 33.5 Å². The first kappa shape index (κ1) is 39.4. The number of amides is 2. The molecule has 3 aromatic rings. The molecule has 3 aromatic carbocycles. The van der Waals surface area contributed by atoms with Crippen LogP contribution in [0.25, 0.3) is 11.1 Å². The Labute approximate surface area is 330 Å². The molecule has 0 bridgehead atoms. The van der Waals surface area contributed by atoms with Crippen LogP contribution in [0.4, 0.5) is 4.79 Å². The van der Waals surface area contributed by atoms with Gasteiger partial charge in [0.25, 0.3) is 0 Å². The van der Waals surface area contributed by atoms with E-state index >= 15 is 0 Å². The molecule has 1 saturated heterocycles. The van der Waals surface area contributed by atoms with Crippen molar-refractivity contribution in [2.45, 2.75) is 109 Å². The number of hydrogen-bond acceptors (Lipinski definition) is 8. The van der Waals surface area contributed by atoms with E-state index in [0.717, 1.165) is 52.8 Å². The Morgan fingerprint density at radius 3 is 2.20 bits per heavy atom. The fraction of sp³-hybridized carbons (Fsp3) is 0.500. The second kappa shape index (κ2) is 16.3. The number of methoxy groups -OCH3 is 1. The molecule has 7 rings (SSSR count). The van der Waals surface area contributed by atoms with E-state index in [-0.39, 0.29) is 49.4 Å². The molecule has 2 aliphatic carbocycles. The van der Waals surface area contributed by atoms with Crippen LogP contribution in [0.1, 0.15) is 102 Å². The molecule has 1 N–H and O–H groups in total. The molecule has 5 atom stereocenters. The summed E-state index contributed by atoms with van der Waals surface area (Å²) in [6.07, 6.45) is 3.33. The Bertz CT molecular complexity index is 1920. The number of rotatable bonds is 15. The fourth-order valence-electron chi connectivity index (χ4n) is 8.98. The van der Waals surface area contributed by atoms with Gasteiger partial charge in [-0.25, -0.2) is 4.79 Å². The third-order valence-corrected chi connectivity index (χ3v) is 12.0. The molecule has 2 fully saturated rings. The molecular weight excluding hydrogens is 707 g/mol. The van der Waals surface area contributed by atoms with Gasteiger partial charge in [-0.05, 0) is 64.3 Å². The molecule has 2 aliphatic heterocycles. The molecule has 10 nitrogen and oxygen atoms in total. The summed E-state index contributed by atoms with van der Waals surface area (Å²) in [7, 11) is 1.54. The molecule has 4 aliphatic rings. The first-order chi connectivity index (χ1) is 26.9. The minimum atomic E-state index is -1.02. The highest BCUT2D eigenvalue weighted by Gasteiger charge is 2.55. The second-order valence-corrected chi connectivity index (χ2v) is 17.3. The van der Waals surface area contributed by atoms with Crippen molar-refractivity contribution >= 4 is 29.3 Å². The molecule has 2 heterocycles. The number of ether oxygens (including phenoxy) is 2. The molecule has 0 radical (unpaired) electrons. The minimum Gasteiger partial charge on any atom is -0.449 e. The molecule has 296 valence electrons. The minimum absolute atomic E-state index is 0.0391. The van der Waals surface area contributed by atoms with Gasteiger partial charge in [0.05, 0.1) is 18.3 Å². The lowest BCUT2D eigenvalue weighted by Crippen LogP contribution is -2.57. The number of carbonyl (C=O) groups excluding carboxylic acids is 4. The van der Waals surface area contributed by atoms with Crippen molar-refractivity contribution in [2.24, 2.45) is 22.4 Å². The Kier molecular flexibility index (Phi) is 11.5. The number of oxime groups is 1. The van der Waals surface area contributed by atoms with Gasteiger partial charge >= 0.3 is 6.09 Å². The number of benzene rings is 3. The number of likely N-dealkylation sites (tertiary alicyclic amines) is 1. The summed E-state index contributed by atoms with van der Waals surface area (Å²) >= 11 is 0. The van der Waals surface area contributed by atoms with Crippen LogP contribution in [0.2, 0.25) is 0 Å². The number of nitrogens with one attached hydrogen (secondary N) is 1. The summed E-state index contributed by atoms with van der Waals surface area (Å²) in [5.41, 5.74) is 4.44. The van der Waals surface area contributed by atoms with Crippen LogP contribution >= 0.6 is 0 Å². The zero-order chi connectivity index (χ0) is 39.6. The zero-order valence-corrected chi connectivity index (χ0v) is 33.3. The third-order valence-electron chi connectivity index (χ3n) is 12.0. The quantitative estimate of drug-likeness (QED) is 0.167. The van der Waals surface area contributed by atoms with Gasteiger partial charge in [-0.3, -0.25) is 14.4 Å². The van der Waals surface area contributed by atoms with E-state index in [4.69, 9.17) is 14.3 Å². The highest BCUT2D eigenvalue weighted by molar-refractivity contribution is 6.02. The molecular formula is C46H55N3O7. The van der Waals surface area contributed by atoms with Crippen LogP contribution in [0, 0.1) is 17.3 Å². The number of ketones is 2. The van der Waals surface area contributed by atoms with Gasteiger partial charge in [0, 0.05) is 38.7 Å². The van der Waals surface area contributed by atoms with E-state index in [2.05, 4.69) is 34.7 Å². The van der Waals surface area contributed by atoms with Crippen molar-refractivity contribution in [1.29, 1.82) is 0 Å². The van der Waals surface area contributed by atoms with Crippen LogP contribution in [0.15, 0.2) is 84.0 Å². The summed E-state index contributed by atoms with van der Waals surface area (Å²) in [6.45, 7) is 7.91. The van der Waals surface area contributed by atoms with Crippen molar-refractivity contribution in [3.05, 3.63) is 95.6 Å². The number of carbonyl (C=O) groups is 4. The molecule has 10 heteroatoms.